The van der Waals surface area contributed by atoms with Gasteiger partial charge in [0.25, 0.3) is 0 Å². The van der Waals surface area contributed by atoms with E-state index in [2.05, 4.69) is 31.0 Å². The van der Waals surface area contributed by atoms with Crippen LogP contribution in [0.15, 0.2) is 17.1 Å². The van der Waals surface area contributed by atoms with Crippen LogP contribution in [0.1, 0.15) is 31.4 Å². The molecule has 98 valence electrons. The molecule has 0 saturated heterocycles. The summed E-state index contributed by atoms with van der Waals surface area (Å²) in [4.78, 5) is 4.66. The fraction of sp³-hybridized carbons (Fsp3) is 0.533. The number of fused-ring (bicyclic) bond motifs is 1. The van der Waals surface area contributed by atoms with Gasteiger partial charge >= 0.3 is 0 Å². The highest BCUT2D eigenvalue weighted by molar-refractivity contribution is 6.03. The first kappa shape index (κ1) is 12.9. The molecular weight excluding hydrogens is 226 g/mol. The van der Waals surface area contributed by atoms with E-state index in [9.17, 15) is 0 Å². The number of hydrogen-bond acceptors (Lipinski definition) is 3. The van der Waals surface area contributed by atoms with Crippen molar-refractivity contribution < 1.29 is 9.47 Å². The zero-order valence-electron chi connectivity index (χ0n) is 11.6. The van der Waals surface area contributed by atoms with E-state index < -0.39 is 0 Å². The van der Waals surface area contributed by atoms with Gasteiger partial charge in [0.1, 0.15) is 0 Å². The molecule has 2 rings (SSSR count). The summed E-state index contributed by atoms with van der Waals surface area (Å²) in [5, 5.41) is 0. The molecule has 3 heteroatoms. The molecule has 1 aromatic carbocycles. The van der Waals surface area contributed by atoms with E-state index in [1.165, 1.54) is 16.8 Å². The van der Waals surface area contributed by atoms with Gasteiger partial charge in [-0.15, -0.1) is 0 Å². The highest BCUT2D eigenvalue weighted by Crippen LogP contribution is 2.33. The van der Waals surface area contributed by atoms with E-state index in [1.807, 2.05) is 0 Å². The predicted octanol–water partition coefficient (Wildman–Crippen LogP) is 3.10. The predicted molar refractivity (Wildman–Crippen MR) is 74.1 cm³/mol. The zero-order chi connectivity index (χ0) is 13.1. The zero-order valence-corrected chi connectivity index (χ0v) is 11.6. The van der Waals surface area contributed by atoms with Gasteiger partial charge in [0.2, 0.25) is 0 Å². The molecule has 0 amide bonds. The van der Waals surface area contributed by atoms with Crippen LogP contribution in [0.2, 0.25) is 0 Å². The molecule has 1 heterocycles. The molecular formula is C15H21NO2. The molecule has 0 radical (unpaired) electrons. The highest BCUT2D eigenvalue weighted by Gasteiger charge is 2.18. The number of benzene rings is 1. The van der Waals surface area contributed by atoms with Crippen LogP contribution >= 0.6 is 0 Å². The van der Waals surface area contributed by atoms with Gasteiger partial charge in [-0.05, 0) is 36.5 Å². The Labute approximate surface area is 109 Å². The molecule has 0 atom stereocenters. The molecule has 1 aromatic rings. The first-order chi connectivity index (χ1) is 8.65. The molecule has 0 aliphatic carbocycles. The number of methoxy groups -OCH3 is 2. The second kappa shape index (κ2) is 5.42. The minimum Gasteiger partial charge on any atom is -0.493 e. The van der Waals surface area contributed by atoms with Crippen LogP contribution in [0, 0.1) is 5.92 Å². The Morgan fingerprint density at radius 1 is 1.17 bits per heavy atom. The summed E-state index contributed by atoms with van der Waals surface area (Å²) in [5.41, 5.74) is 3.75. The summed E-state index contributed by atoms with van der Waals surface area (Å²) >= 11 is 0. The van der Waals surface area contributed by atoms with Crippen LogP contribution in [0.5, 0.6) is 11.5 Å². The Morgan fingerprint density at radius 3 is 2.44 bits per heavy atom. The van der Waals surface area contributed by atoms with Gasteiger partial charge in [0.15, 0.2) is 11.5 Å². The molecule has 0 saturated carbocycles. The molecule has 1 aliphatic rings. The monoisotopic (exact) mass is 247 g/mol. The van der Waals surface area contributed by atoms with Gasteiger partial charge < -0.3 is 9.47 Å². The van der Waals surface area contributed by atoms with Crippen LogP contribution in [-0.2, 0) is 6.42 Å². The summed E-state index contributed by atoms with van der Waals surface area (Å²) in [6, 6.07) is 4.15. The molecule has 0 unspecified atom stereocenters. The van der Waals surface area contributed by atoms with Crippen molar-refractivity contribution in [1.29, 1.82) is 0 Å². The van der Waals surface area contributed by atoms with Crippen LogP contribution in [0.3, 0.4) is 0 Å². The maximum absolute atomic E-state index is 5.38. The smallest absolute Gasteiger partial charge is 0.161 e. The molecule has 0 N–H and O–H groups in total. The first-order valence-corrected chi connectivity index (χ1v) is 6.44. The van der Waals surface area contributed by atoms with Crippen molar-refractivity contribution >= 4 is 5.71 Å². The molecule has 3 nitrogen and oxygen atoms in total. The number of hydrogen-bond donors (Lipinski definition) is 0. The highest BCUT2D eigenvalue weighted by atomic mass is 16.5. The lowest BCUT2D eigenvalue weighted by Gasteiger charge is -2.20. The average molecular weight is 247 g/mol. The van der Waals surface area contributed by atoms with E-state index in [-0.39, 0.29) is 0 Å². The topological polar surface area (TPSA) is 30.8 Å². The Balaban J connectivity index is 2.43. The van der Waals surface area contributed by atoms with Gasteiger partial charge in [-0.3, -0.25) is 4.99 Å². The van der Waals surface area contributed by atoms with Gasteiger partial charge in [-0.1, -0.05) is 13.8 Å². The molecule has 0 bridgehead atoms. The number of ether oxygens (including phenoxy) is 2. The van der Waals surface area contributed by atoms with Crippen LogP contribution < -0.4 is 9.47 Å². The Bertz CT molecular complexity index is 464. The standard InChI is InChI=1S/C15H21NO2/c1-10(2)7-13-12-9-15(18-4)14(17-3)8-11(12)5-6-16-13/h8-10H,5-7H2,1-4H3. The lowest BCUT2D eigenvalue weighted by atomic mass is 9.92. The molecule has 0 fully saturated rings. The first-order valence-electron chi connectivity index (χ1n) is 6.44. The minimum absolute atomic E-state index is 0.614. The fourth-order valence-electron chi connectivity index (χ4n) is 2.35. The largest absolute Gasteiger partial charge is 0.493 e. The van der Waals surface area contributed by atoms with Gasteiger partial charge in [0.05, 0.1) is 14.2 Å². The summed E-state index contributed by atoms with van der Waals surface area (Å²) < 4.78 is 10.7. The summed E-state index contributed by atoms with van der Waals surface area (Å²) in [6.45, 7) is 5.32. The van der Waals surface area contributed by atoms with Gasteiger partial charge in [-0.25, -0.2) is 0 Å². The molecule has 0 aromatic heterocycles. The maximum atomic E-state index is 5.38. The summed E-state index contributed by atoms with van der Waals surface area (Å²) in [6.07, 6.45) is 2.00. The third-order valence-electron chi connectivity index (χ3n) is 3.21. The van der Waals surface area contributed by atoms with E-state index in [1.54, 1.807) is 14.2 Å². The van der Waals surface area contributed by atoms with Gasteiger partial charge in [-0.2, -0.15) is 0 Å². The second-order valence-corrected chi connectivity index (χ2v) is 5.04. The van der Waals surface area contributed by atoms with Crippen LogP contribution in [0.4, 0.5) is 0 Å². The van der Waals surface area contributed by atoms with Crippen molar-refractivity contribution in [2.24, 2.45) is 10.9 Å². The number of rotatable bonds is 4. The minimum atomic E-state index is 0.614. The average Bonchev–Trinajstić information content (AvgIpc) is 2.37. The lowest BCUT2D eigenvalue weighted by molar-refractivity contribution is 0.354. The molecule has 1 aliphatic heterocycles. The number of nitrogens with zero attached hydrogens (tertiary/aromatic N) is 1. The molecule has 18 heavy (non-hydrogen) atoms. The summed E-state index contributed by atoms with van der Waals surface area (Å²) in [7, 11) is 3.35. The third-order valence-corrected chi connectivity index (χ3v) is 3.21. The van der Waals surface area contributed by atoms with Crippen molar-refractivity contribution in [2.45, 2.75) is 26.7 Å². The Kier molecular flexibility index (Phi) is 3.90. The maximum Gasteiger partial charge on any atom is 0.161 e. The van der Waals surface area contributed by atoms with E-state index in [4.69, 9.17) is 9.47 Å². The van der Waals surface area contributed by atoms with Crippen molar-refractivity contribution in [1.82, 2.24) is 0 Å². The van der Waals surface area contributed by atoms with Crippen molar-refractivity contribution in [3.63, 3.8) is 0 Å². The van der Waals surface area contributed by atoms with E-state index in [0.29, 0.717) is 5.92 Å². The third kappa shape index (κ3) is 2.50. The summed E-state index contributed by atoms with van der Waals surface area (Å²) in [5.74, 6) is 2.21. The Hall–Kier alpha value is -1.51. The van der Waals surface area contributed by atoms with Crippen molar-refractivity contribution in [2.75, 3.05) is 20.8 Å². The van der Waals surface area contributed by atoms with Crippen molar-refractivity contribution in [3.8, 4) is 11.5 Å². The van der Waals surface area contributed by atoms with Gasteiger partial charge in [0, 0.05) is 17.8 Å². The second-order valence-electron chi connectivity index (χ2n) is 5.04. The quantitative estimate of drug-likeness (QED) is 0.818. The SMILES string of the molecule is COc1cc2c(cc1OC)C(CC(C)C)=NCC2. The van der Waals surface area contributed by atoms with E-state index in [0.717, 1.165) is 30.9 Å². The van der Waals surface area contributed by atoms with Crippen LogP contribution in [-0.4, -0.2) is 26.5 Å². The molecule has 0 spiro atoms. The normalized spacial score (nSPS) is 14.2. The van der Waals surface area contributed by atoms with Crippen LogP contribution in [0.25, 0.3) is 0 Å². The number of aliphatic imine (C=N–C) groups is 1. The Morgan fingerprint density at radius 2 is 1.83 bits per heavy atom. The fourth-order valence-corrected chi connectivity index (χ4v) is 2.35. The van der Waals surface area contributed by atoms with E-state index >= 15 is 0 Å². The lowest BCUT2D eigenvalue weighted by Crippen LogP contribution is -2.15. The van der Waals surface area contributed by atoms with Crippen molar-refractivity contribution in [3.05, 3.63) is 23.3 Å².